The van der Waals surface area contributed by atoms with Crippen LogP contribution in [-0.2, 0) is 9.31 Å². The van der Waals surface area contributed by atoms with E-state index in [4.69, 9.17) is 9.31 Å². The number of hydrogen-bond donors (Lipinski definition) is 0. The maximum Gasteiger partial charge on any atom is 0.575 e. The van der Waals surface area contributed by atoms with Crippen LogP contribution in [0.25, 0.3) is 0 Å². The van der Waals surface area contributed by atoms with E-state index in [1.165, 1.54) is 0 Å². The predicted octanol–water partition coefficient (Wildman–Crippen LogP) is 0.327. The predicted molar refractivity (Wildman–Crippen MR) is 27.6 cm³/mol. The van der Waals surface area contributed by atoms with Gasteiger partial charge in [-0.1, -0.05) is 0 Å². The molecular weight excluding hydrogens is 90.9 g/mol. The summed E-state index contributed by atoms with van der Waals surface area (Å²) in [6, 6.07) is 0. The summed E-state index contributed by atoms with van der Waals surface area (Å²) in [6.45, 7) is 0. The molecule has 0 amide bonds. The van der Waals surface area contributed by atoms with Gasteiger partial charge >= 0.3 is 7.69 Å². The first-order valence-corrected chi connectivity index (χ1v) is 2.05. The Balaban J connectivity index is 2.39. The molecule has 1 aliphatic heterocycles. The molecule has 0 saturated heterocycles. The largest absolute Gasteiger partial charge is 0.575 e. The van der Waals surface area contributed by atoms with Crippen molar-refractivity contribution in [3.8, 4) is 0 Å². The Labute approximate surface area is 42.7 Å². The maximum absolute atomic E-state index is 4.73. The summed E-state index contributed by atoms with van der Waals surface area (Å²) in [6.07, 6.45) is 6.72. The average Bonchev–Trinajstić information content (AvgIpc) is 1.90. The second-order valence-electron chi connectivity index (χ2n) is 1.11. The van der Waals surface area contributed by atoms with E-state index in [0.29, 0.717) is 7.69 Å². The molecule has 0 spiro atoms. The minimum Gasteiger partial charge on any atom is -0.535 e. The summed E-state index contributed by atoms with van der Waals surface area (Å²) in [7, 11) is 0.326. The fraction of sp³-hybridized carbons (Fsp3) is 0. The van der Waals surface area contributed by atoms with E-state index < -0.39 is 0 Å². The Morgan fingerprint density at radius 2 is 1.57 bits per heavy atom. The summed E-state index contributed by atoms with van der Waals surface area (Å²) < 4.78 is 9.46. The van der Waals surface area contributed by atoms with Crippen LogP contribution in [0.15, 0.2) is 24.7 Å². The molecule has 2 nitrogen and oxygen atoms in total. The van der Waals surface area contributed by atoms with Gasteiger partial charge in [-0.15, -0.1) is 0 Å². The van der Waals surface area contributed by atoms with E-state index >= 15 is 0 Å². The monoisotopic (exact) mass is 96.0 g/mol. The first-order valence-electron chi connectivity index (χ1n) is 2.05. The summed E-state index contributed by atoms with van der Waals surface area (Å²) in [5, 5.41) is 0. The van der Waals surface area contributed by atoms with Gasteiger partial charge in [0.1, 0.15) is 0 Å². The molecule has 0 aromatic heterocycles. The maximum atomic E-state index is 4.73. The van der Waals surface area contributed by atoms with Crippen LogP contribution < -0.4 is 0 Å². The van der Waals surface area contributed by atoms with Crippen molar-refractivity contribution < 1.29 is 9.31 Å². The molecule has 0 radical (unpaired) electrons. The van der Waals surface area contributed by atoms with E-state index in [1.54, 1.807) is 24.7 Å². The van der Waals surface area contributed by atoms with Gasteiger partial charge in [-0.05, 0) is 12.2 Å². The van der Waals surface area contributed by atoms with Gasteiger partial charge in [0.2, 0.25) is 0 Å². The average molecular weight is 95.9 g/mol. The highest BCUT2D eigenvalue weighted by molar-refractivity contribution is 6.18. The van der Waals surface area contributed by atoms with Gasteiger partial charge in [-0.2, -0.15) is 0 Å². The summed E-state index contributed by atoms with van der Waals surface area (Å²) in [4.78, 5) is 0. The SMILES string of the molecule is B1OC=CC=CO1. The van der Waals surface area contributed by atoms with E-state index in [-0.39, 0.29) is 0 Å². The quantitative estimate of drug-likeness (QED) is 0.404. The molecule has 0 N–H and O–H groups in total. The Hall–Kier alpha value is -0.855. The molecule has 0 aliphatic carbocycles. The van der Waals surface area contributed by atoms with E-state index in [1.807, 2.05) is 0 Å². The van der Waals surface area contributed by atoms with E-state index in [9.17, 15) is 0 Å². The van der Waals surface area contributed by atoms with Gasteiger partial charge in [0.25, 0.3) is 0 Å². The van der Waals surface area contributed by atoms with Gasteiger partial charge in [-0.3, -0.25) is 0 Å². The molecule has 1 aliphatic rings. The lowest BCUT2D eigenvalue weighted by Gasteiger charge is -1.90. The summed E-state index contributed by atoms with van der Waals surface area (Å²) >= 11 is 0. The highest BCUT2D eigenvalue weighted by atomic mass is 16.6. The molecule has 0 atom stereocenters. The zero-order chi connectivity index (χ0) is 4.95. The van der Waals surface area contributed by atoms with Crippen molar-refractivity contribution in [1.29, 1.82) is 0 Å². The molecule has 0 fully saturated rings. The molecule has 0 saturated carbocycles. The van der Waals surface area contributed by atoms with Gasteiger partial charge < -0.3 is 9.31 Å². The Morgan fingerprint density at radius 1 is 1.00 bits per heavy atom. The number of rotatable bonds is 0. The molecular formula is C4H5BO2. The lowest BCUT2D eigenvalue weighted by Crippen LogP contribution is -1.91. The van der Waals surface area contributed by atoms with Crippen molar-refractivity contribution in [3.63, 3.8) is 0 Å². The van der Waals surface area contributed by atoms with Crippen LogP contribution in [0.5, 0.6) is 0 Å². The molecule has 3 heteroatoms. The number of allylic oxidation sites excluding steroid dienone is 2. The van der Waals surface area contributed by atoms with Crippen molar-refractivity contribution >= 4 is 7.69 Å². The Kier molecular flexibility index (Phi) is 1.44. The second-order valence-corrected chi connectivity index (χ2v) is 1.11. The van der Waals surface area contributed by atoms with Crippen LogP contribution in [-0.4, -0.2) is 7.69 Å². The standard InChI is InChI=1S/C4H5BO2/c1-2-4-7-5-6-3-1/h1-5H. The molecule has 0 unspecified atom stereocenters. The third-order valence-electron chi connectivity index (χ3n) is 0.597. The highest BCUT2D eigenvalue weighted by Gasteiger charge is 1.86. The Morgan fingerprint density at radius 3 is 2.14 bits per heavy atom. The molecule has 1 heterocycles. The van der Waals surface area contributed by atoms with Gasteiger partial charge in [0, 0.05) is 0 Å². The Bertz CT molecular complexity index is 85.9. The van der Waals surface area contributed by atoms with Crippen molar-refractivity contribution in [1.82, 2.24) is 0 Å². The van der Waals surface area contributed by atoms with Crippen LogP contribution in [0, 0.1) is 0 Å². The third-order valence-corrected chi connectivity index (χ3v) is 0.597. The van der Waals surface area contributed by atoms with Crippen LogP contribution in [0.4, 0.5) is 0 Å². The minimum atomic E-state index is 0.326. The highest BCUT2D eigenvalue weighted by Crippen LogP contribution is 1.85. The fourth-order valence-electron chi connectivity index (χ4n) is 0.320. The lowest BCUT2D eigenvalue weighted by molar-refractivity contribution is 0.381. The van der Waals surface area contributed by atoms with Crippen molar-refractivity contribution in [2.45, 2.75) is 0 Å². The minimum absolute atomic E-state index is 0.326. The van der Waals surface area contributed by atoms with Crippen LogP contribution in [0.1, 0.15) is 0 Å². The molecule has 36 valence electrons. The van der Waals surface area contributed by atoms with Crippen LogP contribution >= 0.6 is 0 Å². The van der Waals surface area contributed by atoms with Crippen molar-refractivity contribution in [2.24, 2.45) is 0 Å². The summed E-state index contributed by atoms with van der Waals surface area (Å²) in [5.74, 6) is 0. The fourth-order valence-corrected chi connectivity index (χ4v) is 0.320. The first-order chi connectivity index (χ1) is 3.50. The van der Waals surface area contributed by atoms with Crippen LogP contribution in [0.3, 0.4) is 0 Å². The smallest absolute Gasteiger partial charge is 0.535 e. The zero-order valence-electron chi connectivity index (χ0n) is 3.83. The van der Waals surface area contributed by atoms with Gasteiger partial charge in [0.15, 0.2) is 0 Å². The molecule has 7 heavy (non-hydrogen) atoms. The summed E-state index contributed by atoms with van der Waals surface area (Å²) in [5.41, 5.74) is 0. The van der Waals surface area contributed by atoms with Crippen molar-refractivity contribution in [3.05, 3.63) is 24.7 Å². The zero-order valence-corrected chi connectivity index (χ0v) is 3.83. The van der Waals surface area contributed by atoms with E-state index in [0.717, 1.165) is 0 Å². The molecule has 0 bridgehead atoms. The second kappa shape index (κ2) is 2.34. The molecule has 0 aromatic carbocycles. The van der Waals surface area contributed by atoms with Crippen molar-refractivity contribution in [2.75, 3.05) is 0 Å². The van der Waals surface area contributed by atoms with Gasteiger partial charge in [0.05, 0.1) is 12.5 Å². The number of hydrogen-bond acceptors (Lipinski definition) is 2. The van der Waals surface area contributed by atoms with Crippen LogP contribution in [0.2, 0.25) is 0 Å². The molecule has 1 rings (SSSR count). The molecule has 0 aromatic rings. The lowest BCUT2D eigenvalue weighted by atomic mass is 10.4. The third kappa shape index (κ3) is 1.35. The normalized spacial score (nSPS) is 16.0. The first kappa shape index (κ1) is 4.31. The van der Waals surface area contributed by atoms with E-state index in [2.05, 4.69) is 0 Å². The topological polar surface area (TPSA) is 18.5 Å². The van der Waals surface area contributed by atoms with Gasteiger partial charge in [-0.25, -0.2) is 0 Å².